The van der Waals surface area contributed by atoms with E-state index in [0.717, 1.165) is 36.6 Å². The lowest BCUT2D eigenvalue weighted by molar-refractivity contribution is 0.663. The minimum Gasteiger partial charge on any atom is -0.311 e. The van der Waals surface area contributed by atoms with E-state index in [4.69, 9.17) is 0 Å². The van der Waals surface area contributed by atoms with Crippen LogP contribution in [0.3, 0.4) is 0 Å². The Hall–Kier alpha value is -1.75. The molecular formula is C12H17N5. The van der Waals surface area contributed by atoms with E-state index in [1.54, 1.807) is 17.1 Å². The zero-order valence-electron chi connectivity index (χ0n) is 10.2. The van der Waals surface area contributed by atoms with Crippen LogP contribution in [0.15, 0.2) is 24.7 Å². The van der Waals surface area contributed by atoms with Gasteiger partial charge in [-0.25, -0.2) is 9.97 Å². The maximum atomic E-state index is 4.50. The molecule has 0 fully saturated rings. The van der Waals surface area contributed by atoms with Crippen molar-refractivity contribution in [2.75, 3.05) is 6.54 Å². The summed E-state index contributed by atoms with van der Waals surface area (Å²) in [5.74, 6) is 0.730. The number of hydrogen-bond acceptors (Lipinski definition) is 4. The van der Waals surface area contributed by atoms with Crippen molar-refractivity contribution in [3.05, 3.63) is 30.4 Å². The third-order valence-corrected chi connectivity index (χ3v) is 2.41. The van der Waals surface area contributed by atoms with E-state index in [2.05, 4.69) is 27.3 Å². The van der Waals surface area contributed by atoms with Crippen LogP contribution in [-0.2, 0) is 13.6 Å². The molecule has 2 aromatic heterocycles. The predicted molar refractivity (Wildman–Crippen MR) is 66.2 cm³/mol. The minimum atomic E-state index is 0.730. The van der Waals surface area contributed by atoms with E-state index in [1.165, 1.54) is 0 Å². The summed E-state index contributed by atoms with van der Waals surface area (Å²) in [5, 5.41) is 7.44. The van der Waals surface area contributed by atoms with Gasteiger partial charge in [-0.15, -0.1) is 0 Å². The molecule has 0 aliphatic carbocycles. The second-order valence-electron chi connectivity index (χ2n) is 3.95. The van der Waals surface area contributed by atoms with Crippen LogP contribution in [0.5, 0.6) is 0 Å². The van der Waals surface area contributed by atoms with E-state index < -0.39 is 0 Å². The van der Waals surface area contributed by atoms with Crippen molar-refractivity contribution in [3.63, 3.8) is 0 Å². The summed E-state index contributed by atoms with van der Waals surface area (Å²) in [6.07, 6.45) is 6.61. The zero-order chi connectivity index (χ0) is 12.1. The lowest BCUT2D eigenvalue weighted by atomic mass is 10.3. The molecule has 2 rings (SSSR count). The summed E-state index contributed by atoms with van der Waals surface area (Å²) in [4.78, 5) is 8.76. The van der Waals surface area contributed by atoms with Crippen LogP contribution < -0.4 is 5.32 Å². The van der Waals surface area contributed by atoms with Gasteiger partial charge in [-0.05, 0) is 19.0 Å². The van der Waals surface area contributed by atoms with Gasteiger partial charge in [0.15, 0.2) is 5.82 Å². The molecule has 0 aliphatic rings. The molecule has 1 N–H and O–H groups in total. The predicted octanol–water partition coefficient (Wildman–Crippen LogP) is 1.38. The van der Waals surface area contributed by atoms with Gasteiger partial charge in [0, 0.05) is 26.0 Å². The van der Waals surface area contributed by atoms with Crippen LogP contribution in [0.4, 0.5) is 0 Å². The Kier molecular flexibility index (Phi) is 3.82. The molecular weight excluding hydrogens is 214 g/mol. The Morgan fingerprint density at radius 1 is 1.41 bits per heavy atom. The van der Waals surface area contributed by atoms with Crippen molar-refractivity contribution in [2.24, 2.45) is 7.05 Å². The van der Waals surface area contributed by atoms with Crippen molar-refractivity contribution in [2.45, 2.75) is 19.9 Å². The largest absolute Gasteiger partial charge is 0.311 e. The first-order chi connectivity index (χ1) is 8.29. The van der Waals surface area contributed by atoms with E-state index in [1.807, 2.05) is 19.3 Å². The Labute approximate surface area is 101 Å². The topological polar surface area (TPSA) is 55.6 Å². The monoisotopic (exact) mass is 231 g/mol. The smallest absolute Gasteiger partial charge is 0.162 e. The molecule has 0 aromatic carbocycles. The van der Waals surface area contributed by atoms with Crippen LogP contribution in [0.25, 0.3) is 11.4 Å². The number of hydrogen-bond donors (Lipinski definition) is 1. The molecule has 0 aliphatic heterocycles. The Morgan fingerprint density at radius 3 is 3.00 bits per heavy atom. The number of aryl methyl sites for hydroxylation is 1. The molecule has 90 valence electrons. The summed E-state index contributed by atoms with van der Waals surface area (Å²) in [6.45, 7) is 3.93. The summed E-state index contributed by atoms with van der Waals surface area (Å²) in [6, 6.07) is 1.93. The SMILES string of the molecule is CCCNCc1ccnc(-c2cnn(C)c2)n1. The molecule has 0 spiro atoms. The molecule has 2 aromatic rings. The third-order valence-electron chi connectivity index (χ3n) is 2.41. The summed E-state index contributed by atoms with van der Waals surface area (Å²) >= 11 is 0. The van der Waals surface area contributed by atoms with Crippen molar-refractivity contribution in [1.82, 2.24) is 25.1 Å². The molecule has 0 atom stereocenters. The molecule has 5 nitrogen and oxygen atoms in total. The molecule has 17 heavy (non-hydrogen) atoms. The van der Waals surface area contributed by atoms with Crippen molar-refractivity contribution < 1.29 is 0 Å². The average molecular weight is 231 g/mol. The van der Waals surface area contributed by atoms with Gasteiger partial charge in [-0.1, -0.05) is 6.92 Å². The highest BCUT2D eigenvalue weighted by Gasteiger charge is 2.04. The fourth-order valence-electron chi connectivity index (χ4n) is 1.56. The fourth-order valence-corrected chi connectivity index (χ4v) is 1.56. The van der Waals surface area contributed by atoms with Gasteiger partial charge < -0.3 is 5.32 Å². The second-order valence-corrected chi connectivity index (χ2v) is 3.95. The van der Waals surface area contributed by atoms with Crippen molar-refractivity contribution in [1.29, 1.82) is 0 Å². The van der Waals surface area contributed by atoms with Gasteiger partial charge >= 0.3 is 0 Å². The first-order valence-electron chi connectivity index (χ1n) is 5.81. The quantitative estimate of drug-likeness (QED) is 0.790. The summed E-state index contributed by atoms with van der Waals surface area (Å²) < 4.78 is 1.75. The molecule has 0 radical (unpaired) electrons. The van der Waals surface area contributed by atoms with Gasteiger partial charge in [0.25, 0.3) is 0 Å². The van der Waals surface area contributed by atoms with Crippen LogP contribution >= 0.6 is 0 Å². The Balaban J connectivity index is 2.11. The first-order valence-corrected chi connectivity index (χ1v) is 5.81. The second kappa shape index (κ2) is 5.54. The van der Waals surface area contributed by atoms with Crippen LogP contribution in [0, 0.1) is 0 Å². The highest BCUT2D eigenvalue weighted by Crippen LogP contribution is 2.12. The summed E-state index contributed by atoms with van der Waals surface area (Å²) in [5.41, 5.74) is 1.96. The number of aromatic nitrogens is 4. The van der Waals surface area contributed by atoms with Crippen molar-refractivity contribution in [3.8, 4) is 11.4 Å². The summed E-state index contributed by atoms with van der Waals surface area (Å²) in [7, 11) is 1.89. The number of nitrogens with one attached hydrogen (secondary N) is 1. The van der Waals surface area contributed by atoms with Gasteiger partial charge in [0.2, 0.25) is 0 Å². The molecule has 5 heteroatoms. The Bertz CT molecular complexity index is 477. The van der Waals surface area contributed by atoms with E-state index >= 15 is 0 Å². The maximum Gasteiger partial charge on any atom is 0.162 e. The molecule has 0 bridgehead atoms. The van der Waals surface area contributed by atoms with Crippen LogP contribution in [0.2, 0.25) is 0 Å². The van der Waals surface area contributed by atoms with Crippen molar-refractivity contribution >= 4 is 0 Å². The lowest BCUT2D eigenvalue weighted by Crippen LogP contribution is -2.15. The maximum absolute atomic E-state index is 4.50. The highest BCUT2D eigenvalue weighted by atomic mass is 15.2. The standard InChI is InChI=1S/C12H17N5/c1-3-5-13-8-11-4-6-14-12(16-11)10-7-15-17(2)9-10/h4,6-7,9,13H,3,5,8H2,1-2H3. The van der Waals surface area contributed by atoms with Gasteiger partial charge in [-0.3, -0.25) is 4.68 Å². The van der Waals surface area contributed by atoms with Gasteiger partial charge in [0.05, 0.1) is 17.5 Å². The molecule has 0 amide bonds. The van der Waals surface area contributed by atoms with Gasteiger partial charge in [-0.2, -0.15) is 5.10 Å². The van der Waals surface area contributed by atoms with Gasteiger partial charge in [0.1, 0.15) is 0 Å². The number of rotatable bonds is 5. The fraction of sp³-hybridized carbons (Fsp3) is 0.417. The van der Waals surface area contributed by atoms with E-state index in [0.29, 0.717) is 0 Å². The Morgan fingerprint density at radius 2 is 2.29 bits per heavy atom. The first kappa shape index (κ1) is 11.7. The van der Waals surface area contributed by atoms with E-state index in [-0.39, 0.29) is 0 Å². The number of nitrogens with zero attached hydrogens (tertiary/aromatic N) is 4. The minimum absolute atomic E-state index is 0.730. The zero-order valence-corrected chi connectivity index (χ0v) is 10.2. The van der Waals surface area contributed by atoms with Crippen LogP contribution in [-0.4, -0.2) is 26.3 Å². The third kappa shape index (κ3) is 3.10. The van der Waals surface area contributed by atoms with Crippen LogP contribution in [0.1, 0.15) is 19.0 Å². The highest BCUT2D eigenvalue weighted by molar-refractivity contribution is 5.51. The lowest BCUT2D eigenvalue weighted by Gasteiger charge is -2.03. The molecule has 0 saturated heterocycles. The average Bonchev–Trinajstić information content (AvgIpc) is 2.77. The molecule has 0 saturated carbocycles. The molecule has 2 heterocycles. The van der Waals surface area contributed by atoms with E-state index in [9.17, 15) is 0 Å². The normalized spacial score (nSPS) is 10.7. The molecule has 0 unspecified atom stereocenters.